The summed E-state index contributed by atoms with van der Waals surface area (Å²) in [5.41, 5.74) is 6.45. The van der Waals surface area contributed by atoms with Gasteiger partial charge in [-0.1, -0.05) is 67.8 Å². The first-order valence-electron chi connectivity index (χ1n) is 11.9. The minimum atomic E-state index is -0.386. The highest BCUT2D eigenvalue weighted by Crippen LogP contribution is 2.43. The first-order chi connectivity index (χ1) is 17.6. The lowest BCUT2D eigenvalue weighted by molar-refractivity contribution is -0.137. The zero-order chi connectivity index (χ0) is 25.5. The highest BCUT2D eigenvalue weighted by atomic mass is 16.5. The molecule has 0 aliphatic rings. The number of carbonyl (C=O) groups excluding carboxylic acids is 1. The van der Waals surface area contributed by atoms with Crippen LogP contribution in [-0.4, -0.2) is 26.8 Å². The van der Waals surface area contributed by atoms with Crippen molar-refractivity contribution in [1.29, 1.82) is 0 Å². The molecule has 0 saturated carbocycles. The molecular weight excluding hydrogens is 448 g/mol. The number of benzene rings is 4. The predicted octanol–water partition coefficient (Wildman–Crippen LogP) is 7.50. The lowest BCUT2D eigenvalue weighted by Gasteiger charge is -2.17. The molecule has 0 atom stereocenters. The maximum absolute atomic E-state index is 11.2. The largest absolute Gasteiger partial charge is 0.495 e. The van der Waals surface area contributed by atoms with Gasteiger partial charge in [0.05, 0.1) is 20.8 Å². The van der Waals surface area contributed by atoms with Crippen LogP contribution in [0.4, 0.5) is 0 Å². The van der Waals surface area contributed by atoms with Gasteiger partial charge in [-0.05, 0) is 59.4 Å². The first-order valence-corrected chi connectivity index (χ1v) is 11.9. The van der Waals surface area contributed by atoms with Crippen LogP contribution in [0.5, 0.6) is 11.5 Å². The lowest BCUT2D eigenvalue weighted by Crippen LogP contribution is -2.02. The van der Waals surface area contributed by atoms with E-state index < -0.39 is 0 Å². The van der Waals surface area contributed by atoms with Gasteiger partial charge in [0.15, 0.2) is 0 Å². The topological polar surface area (TPSA) is 44.8 Å². The molecule has 4 rings (SSSR count). The predicted molar refractivity (Wildman–Crippen MR) is 147 cm³/mol. The lowest BCUT2D eigenvalue weighted by atomic mass is 9.94. The van der Waals surface area contributed by atoms with Gasteiger partial charge in [-0.25, -0.2) is 4.79 Å². The average Bonchev–Trinajstić information content (AvgIpc) is 2.94. The van der Waals surface area contributed by atoms with Gasteiger partial charge in [0.1, 0.15) is 11.5 Å². The molecule has 0 aliphatic heterocycles. The molecule has 0 saturated heterocycles. The number of fused-ring (bicyclic) bond motifs is 1. The van der Waals surface area contributed by atoms with E-state index in [0.29, 0.717) is 6.61 Å². The van der Waals surface area contributed by atoms with E-state index >= 15 is 0 Å². The molecule has 4 aromatic rings. The Morgan fingerprint density at radius 1 is 0.750 bits per heavy atom. The van der Waals surface area contributed by atoms with E-state index in [9.17, 15) is 4.79 Å². The third-order valence-corrected chi connectivity index (χ3v) is 6.25. The van der Waals surface area contributed by atoms with Crippen LogP contribution in [0.1, 0.15) is 17.5 Å². The molecule has 182 valence electrons. The van der Waals surface area contributed by atoms with Gasteiger partial charge in [0, 0.05) is 28.0 Å². The Hall–Kier alpha value is -4.31. The maximum Gasteiger partial charge on any atom is 0.330 e. The molecule has 0 heterocycles. The van der Waals surface area contributed by atoms with Gasteiger partial charge in [-0.15, -0.1) is 0 Å². The minimum Gasteiger partial charge on any atom is -0.495 e. The molecule has 0 N–H and O–H groups in total. The van der Waals surface area contributed by atoms with E-state index in [0.717, 1.165) is 62.9 Å². The number of rotatable bonds is 10. The van der Waals surface area contributed by atoms with Crippen LogP contribution < -0.4 is 9.47 Å². The molecule has 0 radical (unpaired) electrons. The quantitative estimate of drug-likeness (QED) is 0.134. The van der Waals surface area contributed by atoms with Crippen molar-refractivity contribution in [2.75, 3.05) is 20.8 Å². The van der Waals surface area contributed by atoms with Crippen molar-refractivity contribution < 1.29 is 19.0 Å². The van der Waals surface area contributed by atoms with E-state index in [2.05, 4.69) is 73.8 Å². The van der Waals surface area contributed by atoms with Gasteiger partial charge < -0.3 is 14.2 Å². The molecule has 0 bridgehead atoms. The van der Waals surface area contributed by atoms with Crippen LogP contribution in [-0.2, 0) is 16.0 Å². The summed E-state index contributed by atoms with van der Waals surface area (Å²) >= 11 is 0. The van der Waals surface area contributed by atoms with Crippen LogP contribution in [0.15, 0.2) is 92.0 Å². The van der Waals surface area contributed by atoms with Crippen LogP contribution in [0.25, 0.3) is 39.1 Å². The average molecular weight is 479 g/mol. The Labute approximate surface area is 212 Å². The van der Waals surface area contributed by atoms with Crippen molar-refractivity contribution in [1.82, 2.24) is 0 Å². The Bertz CT molecular complexity index is 1380. The second-order valence-electron chi connectivity index (χ2n) is 8.39. The summed E-state index contributed by atoms with van der Waals surface area (Å²) in [5.74, 6) is 1.24. The zero-order valence-electron chi connectivity index (χ0n) is 20.8. The first kappa shape index (κ1) is 24.8. The molecule has 4 nitrogen and oxygen atoms in total. The fraction of sp³-hybridized carbons (Fsp3) is 0.156. The van der Waals surface area contributed by atoms with Crippen molar-refractivity contribution in [3.8, 4) is 33.8 Å². The summed E-state index contributed by atoms with van der Waals surface area (Å²) < 4.78 is 16.8. The van der Waals surface area contributed by atoms with Gasteiger partial charge >= 0.3 is 5.97 Å². The molecule has 0 spiro atoms. The summed E-state index contributed by atoms with van der Waals surface area (Å²) in [4.78, 5) is 11.2. The number of methoxy groups -OCH3 is 2. The van der Waals surface area contributed by atoms with Crippen LogP contribution in [0.2, 0.25) is 0 Å². The van der Waals surface area contributed by atoms with Crippen LogP contribution >= 0.6 is 0 Å². The van der Waals surface area contributed by atoms with Crippen LogP contribution in [0.3, 0.4) is 0 Å². The molecule has 0 amide bonds. The Kier molecular flexibility index (Phi) is 7.86. The van der Waals surface area contributed by atoms with E-state index in [4.69, 9.17) is 14.2 Å². The molecule has 0 fully saturated rings. The standard InChI is InChI=1S/C32H30O4/c1-5-22-9-13-24(14-10-22)26-17-19-29-28(31(26)34-3)20-18-27(32(29)35-4)25-15-11-23(12-16-25)8-7-21-36-30(33)6-2/h5-6,9-20H,1-2,7-8,21H2,3-4H3. The second-order valence-corrected chi connectivity index (χ2v) is 8.39. The summed E-state index contributed by atoms with van der Waals surface area (Å²) in [6, 6.07) is 25.0. The van der Waals surface area contributed by atoms with Crippen molar-refractivity contribution in [3.63, 3.8) is 0 Å². The Balaban J connectivity index is 1.64. The monoisotopic (exact) mass is 478 g/mol. The number of hydrogen-bond acceptors (Lipinski definition) is 4. The number of aryl methyl sites for hydroxylation is 1. The van der Waals surface area contributed by atoms with Gasteiger partial charge in [0.25, 0.3) is 0 Å². The molecule has 0 unspecified atom stereocenters. The fourth-order valence-electron chi connectivity index (χ4n) is 4.40. The molecular formula is C32H30O4. The van der Waals surface area contributed by atoms with Gasteiger partial charge in [0.2, 0.25) is 0 Å². The summed E-state index contributed by atoms with van der Waals surface area (Å²) in [5, 5.41) is 1.99. The van der Waals surface area contributed by atoms with Crippen molar-refractivity contribution in [3.05, 3.63) is 103 Å². The molecule has 0 aliphatic carbocycles. The van der Waals surface area contributed by atoms with Gasteiger partial charge in [-0.3, -0.25) is 0 Å². The Morgan fingerprint density at radius 3 is 1.75 bits per heavy atom. The van der Waals surface area contributed by atoms with E-state index in [1.807, 2.05) is 18.2 Å². The third kappa shape index (κ3) is 5.18. The molecule has 4 aromatic carbocycles. The molecule has 4 heteroatoms. The van der Waals surface area contributed by atoms with E-state index in [1.54, 1.807) is 14.2 Å². The zero-order valence-corrected chi connectivity index (χ0v) is 20.8. The van der Waals surface area contributed by atoms with E-state index in [-0.39, 0.29) is 5.97 Å². The normalized spacial score (nSPS) is 10.6. The number of esters is 1. The summed E-state index contributed by atoms with van der Waals surface area (Å²) in [6.07, 6.45) is 4.60. The number of ether oxygens (including phenoxy) is 3. The second kappa shape index (κ2) is 11.4. The van der Waals surface area contributed by atoms with Crippen molar-refractivity contribution in [2.24, 2.45) is 0 Å². The minimum absolute atomic E-state index is 0.382. The highest BCUT2D eigenvalue weighted by Gasteiger charge is 2.16. The highest BCUT2D eigenvalue weighted by molar-refractivity contribution is 6.02. The maximum atomic E-state index is 11.2. The third-order valence-electron chi connectivity index (χ3n) is 6.25. The summed E-state index contributed by atoms with van der Waals surface area (Å²) in [7, 11) is 3.40. The SMILES string of the molecule is C=CC(=O)OCCCc1ccc(-c2ccc3c(OC)c(-c4ccc(C=C)cc4)ccc3c2OC)cc1. The van der Waals surface area contributed by atoms with Crippen LogP contribution in [0, 0.1) is 0 Å². The number of carbonyl (C=O) groups is 1. The fourth-order valence-corrected chi connectivity index (χ4v) is 4.40. The molecule has 36 heavy (non-hydrogen) atoms. The smallest absolute Gasteiger partial charge is 0.330 e. The number of hydrogen-bond donors (Lipinski definition) is 0. The Morgan fingerprint density at radius 2 is 1.28 bits per heavy atom. The van der Waals surface area contributed by atoms with Gasteiger partial charge in [-0.2, -0.15) is 0 Å². The van der Waals surface area contributed by atoms with Crippen molar-refractivity contribution in [2.45, 2.75) is 12.8 Å². The van der Waals surface area contributed by atoms with E-state index in [1.165, 1.54) is 11.6 Å². The molecule has 0 aromatic heterocycles. The summed E-state index contributed by atoms with van der Waals surface area (Å²) in [6.45, 7) is 7.62. The van der Waals surface area contributed by atoms with Crippen molar-refractivity contribution >= 4 is 22.8 Å².